The first kappa shape index (κ1) is 13.7. The summed E-state index contributed by atoms with van der Waals surface area (Å²) in [6.45, 7) is 10.4. The molecule has 1 saturated carbocycles. The second kappa shape index (κ2) is 5.81. The molecule has 1 rings (SSSR count). The predicted molar refractivity (Wildman–Crippen MR) is 68.6 cm³/mol. The Balaban J connectivity index is 2.29. The Morgan fingerprint density at radius 1 is 1.25 bits per heavy atom. The van der Waals surface area contributed by atoms with E-state index in [-0.39, 0.29) is 5.41 Å². The van der Waals surface area contributed by atoms with Crippen molar-refractivity contribution in [3.05, 3.63) is 0 Å². The number of nitrogens with zero attached hydrogens (tertiary/aromatic N) is 1. The Bertz CT molecular complexity index is 225. The predicted octanol–water partition coefficient (Wildman–Crippen LogP) is 3.26. The fourth-order valence-corrected chi connectivity index (χ4v) is 1.90. The first-order valence-corrected chi connectivity index (χ1v) is 6.72. The number of carbonyl (C=O) groups excluding carboxylic acids is 1. The topological polar surface area (TPSA) is 20.3 Å². The number of hydrogen-bond donors (Lipinski definition) is 0. The molecule has 1 aliphatic rings. The van der Waals surface area contributed by atoms with Gasteiger partial charge in [-0.2, -0.15) is 0 Å². The molecule has 2 heteroatoms. The van der Waals surface area contributed by atoms with Gasteiger partial charge in [-0.15, -0.1) is 0 Å². The number of carbonyl (C=O) groups is 1. The van der Waals surface area contributed by atoms with Crippen molar-refractivity contribution in [1.82, 2.24) is 4.90 Å². The molecular formula is C14H27NO. The van der Waals surface area contributed by atoms with Crippen LogP contribution in [0, 0.1) is 5.41 Å². The molecule has 0 aromatic heterocycles. The number of ketones is 1. The summed E-state index contributed by atoms with van der Waals surface area (Å²) in [4.78, 5) is 14.4. The summed E-state index contributed by atoms with van der Waals surface area (Å²) in [5.41, 5.74) is -0.167. The number of Topliss-reactive ketones (excluding diaryl/α,β-unsaturated/α-hetero) is 1. The SMILES string of the molecule is CCCCN(CCC(=O)C(C)(C)C)C1CC1. The summed E-state index contributed by atoms with van der Waals surface area (Å²) in [5, 5.41) is 0. The highest BCUT2D eigenvalue weighted by atomic mass is 16.1. The van der Waals surface area contributed by atoms with Gasteiger partial charge in [-0.25, -0.2) is 0 Å². The highest BCUT2D eigenvalue weighted by molar-refractivity contribution is 5.83. The molecule has 0 aromatic rings. The summed E-state index contributed by atoms with van der Waals surface area (Å²) in [6, 6.07) is 0.791. The van der Waals surface area contributed by atoms with Crippen LogP contribution in [-0.4, -0.2) is 29.8 Å². The lowest BCUT2D eigenvalue weighted by molar-refractivity contribution is -0.126. The number of unbranched alkanes of at least 4 members (excludes halogenated alkanes) is 1. The van der Waals surface area contributed by atoms with E-state index >= 15 is 0 Å². The summed E-state index contributed by atoms with van der Waals surface area (Å²) in [7, 11) is 0. The molecule has 1 aliphatic carbocycles. The lowest BCUT2D eigenvalue weighted by Crippen LogP contribution is -2.32. The number of hydrogen-bond acceptors (Lipinski definition) is 2. The van der Waals surface area contributed by atoms with E-state index in [9.17, 15) is 4.79 Å². The van der Waals surface area contributed by atoms with Crippen molar-refractivity contribution in [3.63, 3.8) is 0 Å². The summed E-state index contributed by atoms with van der Waals surface area (Å²) in [5.74, 6) is 0.398. The van der Waals surface area contributed by atoms with Gasteiger partial charge in [0.25, 0.3) is 0 Å². The van der Waals surface area contributed by atoms with E-state index in [1.807, 2.05) is 20.8 Å². The van der Waals surface area contributed by atoms with Gasteiger partial charge in [0.1, 0.15) is 5.78 Å². The Kier molecular flexibility index (Phi) is 4.97. The largest absolute Gasteiger partial charge is 0.300 e. The third-order valence-corrected chi connectivity index (χ3v) is 3.32. The molecule has 0 heterocycles. The van der Waals surface area contributed by atoms with Crippen molar-refractivity contribution in [2.24, 2.45) is 5.41 Å². The van der Waals surface area contributed by atoms with Gasteiger partial charge < -0.3 is 0 Å². The van der Waals surface area contributed by atoms with Crippen LogP contribution in [0.25, 0.3) is 0 Å². The zero-order valence-corrected chi connectivity index (χ0v) is 11.4. The van der Waals surface area contributed by atoms with Crippen molar-refractivity contribution in [2.75, 3.05) is 13.1 Å². The van der Waals surface area contributed by atoms with Crippen LogP contribution in [0.4, 0.5) is 0 Å². The van der Waals surface area contributed by atoms with Crippen LogP contribution < -0.4 is 0 Å². The summed E-state index contributed by atoms with van der Waals surface area (Å²) < 4.78 is 0. The van der Waals surface area contributed by atoms with E-state index in [0.717, 1.165) is 19.0 Å². The molecule has 0 atom stereocenters. The molecule has 0 N–H and O–H groups in total. The molecule has 0 radical (unpaired) electrons. The monoisotopic (exact) mass is 225 g/mol. The maximum atomic E-state index is 11.9. The van der Waals surface area contributed by atoms with Crippen LogP contribution in [0.2, 0.25) is 0 Å². The van der Waals surface area contributed by atoms with Crippen molar-refractivity contribution in [2.45, 2.75) is 65.8 Å². The van der Waals surface area contributed by atoms with Crippen LogP contribution in [0.15, 0.2) is 0 Å². The smallest absolute Gasteiger partial charge is 0.139 e. The van der Waals surface area contributed by atoms with Gasteiger partial charge in [0.2, 0.25) is 0 Å². The average Bonchev–Trinajstić information content (AvgIpc) is 2.99. The van der Waals surface area contributed by atoms with Gasteiger partial charge in [0, 0.05) is 24.4 Å². The minimum Gasteiger partial charge on any atom is -0.300 e. The van der Waals surface area contributed by atoms with E-state index in [1.165, 1.54) is 32.2 Å². The molecule has 0 aromatic carbocycles. The normalized spacial score (nSPS) is 16.8. The van der Waals surface area contributed by atoms with Gasteiger partial charge >= 0.3 is 0 Å². The summed E-state index contributed by atoms with van der Waals surface area (Å²) in [6.07, 6.45) is 5.92. The standard InChI is InChI=1S/C14H27NO/c1-5-6-10-15(12-7-8-12)11-9-13(16)14(2,3)4/h12H,5-11H2,1-4H3. The van der Waals surface area contributed by atoms with Gasteiger partial charge in [-0.05, 0) is 25.8 Å². The van der Waals surface area contributed by atoms with Crippen LogP contribution >= 0.6 is 0 Å². The van der Waals surface area contributed by atoms with Crippen LogP contribution in [0.1, 0.15) is 59.8 Å². The third kappa shape index (κ3) is 4.65. The van der Waals surface area contributed by atoms with Crippen LogP contribution in [0.5, 0.6) is 0 Å². The van der Waals surface area contributed by atoms with Crippen LogP contribution in [0.3, 0.4) is 0 Å². The van der Waals surface area contributed by atoms with E-state index in [2.05, 4.69) is 11.8 Å². The Morgan fingerprint density at radius 2 is 1.88 bits per heavy atom. The first-order chi connectivity index (χ1) is 7.45. The zero-order chi connectivity index (χ0) is 12.2. The van der Waals surface area contributed by atoms with Crippen LogP contribution in [-0.2, 0) is 4.79 Å². The molecule has 2 nitrogen and oxygen atoms in total. The maximum Gasteiger partial charge on any atom is 0.139 e. The Labute approximate surface area is 100 Å². The molecule has 0 bridgehead atoms. The second-order valence-electron chi connectivity index (χ2n) is 6.04. The quantitative estimate of drug-likeness (QED) is 0.663. The van der Waals surface area contributed by atoms with E-state index < -0.39 is 0 Å². The molecule has 1 fully saturated rings. The fraction of sp³-hybridized carbons (Fsp3) is 0.929. The molecule has 0 unspecified atom stereocenters. The molecule has 16 heavy (non-hydrogen) atoms. The fourth-order valence-electron chi connectivity index (χ4n) is 1.90. The minimum atomic E-state index is -0.167. The zero-order valence-electron chi connectivity index (χ0n) is 11.4. The lowest BCUT2D eigenvalue weighted by Gasteiger charge is -2.23. The maximum absolute atomic E-state index is 11.9. The highest BCUT2D eigenvalue weighted by Gasteiger charge is 2.29. The molecular weight excluding hydrogens is 198 g/mol. The van der Waals surface area contributed by atoms with Gasteiger partial charge in [-0.1, -0.05) is 34.1 Å². The van der Waals surface area contributed by atoms with Crippen molar-refractivity contribution in [1.29, 1.82) is 0 Å². The molecule has 0 aliphatic heterocycles. The first-order valence-electron chi connectivity index (χ1n) is 6.72. The van der Waals surface area contributed by atoms with Gasteiger partial charge in [0.05, 0.1) is 0 Å². The van der Waals surface area contributed by atoms with E-state index in [4.69, 9.17) is 0 Å². The van der Waals surface area contributed by atoms with Crippen molar-refractivity contribution >= 4 is 5.78 Å². The Morgan fingerprint density at radius 3 is 2.31 bits per heavy atom. The molecule has 0 amide bonds. The second-order valence-corrected chi connectivity index (χ2v) is 6.04. The lowest BCUT2D eigenvalue weighted by atomic mass is 9.89. The summed E-state index contributed by atoms with van der Waals surface area (Å²) >= 11 is 0. The molecule has 0 saturated heterocycles. The highest BCUT2D eigenvalue weighted by Crippen LogP contribution is 2.28. The Hall–Kier alpha value is -0.370. The van der Waals surface area contributed by atoms with Gasteiger partial charge in [-0.3, -0.25) is 9.69 Å². The van der Waals surface area contributed by atoms with E-state index in [0.29, 0.717) is 5.78 Å². The van der Waals surface area contributed by atoms with E-state index in [1.54, 1.807) is 0 Å². The third-order valence-electron chi connectivity index (χ3n) is 3.32. The minimum absolute atomic E-state index is 0.167. The molecule has 94 valence electrons. The van der Waals surface area contributed by atoms with Crippen molar-refractivity contribution in [3.8, 4) is 0 Å². The molecule has 0 spiro atoms. The average molecular weight is 225 g/mol. The van der Waals surface area contributed by atoms with Crippen molar-refractivity contribution < 1.29 is 4.79 Å². The number of rotatable bonds is 7. The van der Waals surface area contributed by atoms with Gasteiger partial charge in [0.15, 0.2) is 0 Å².